The molecule has 116 valence electrons. The lowest BCUT2D eigenvalue weighted by atomic mass is 10.2. The highest BCUT2D eigenvalue weighted by molar-refractivity contribution is 5.89. The minimum absolute atomic E-state index is 0.318. The number of esters is 1. The van der Waals surface area contributed by atoms with Crippen LogP contribution >= 0.6 is 0 Å². The Labute approximate surface area is 118 Å². The Morgan fingerprint density at radius 3 is 1.70 bits per heavy atom. The molecule has 20 heavy (non-hydrogen) atoms. The van der Waals surface area contributed by atoms with Crippen molar-refractivity contribution in [1.82, 2.24) is 4.90 Å². The first-order valence-corrected chi connectivity index (χ1v) is 5.84. The second-order valence-corrected chi connectivity index (χ2v) is 5.31. The SMILES string of the molecule is C=C(CN(C)C)C(=O)OC(C)(C)C.O=C(O)CC(=O)O. The summed E-state index contributed by atoms with van der Waals surface area (Å²) in [5.41, 5.74) is 0.0479. The summed E-state index contributed by atoms with van der Waals surface area (Å²) in [7, 11) is 3.77. The van der Waals surface area contributed by atoms with Gasteiger partial charge in [0.25, 0.3) is 0 Å². The molecule has 7 heteroatoms. The molecule has 0 aromatic rings. The average molecular weight is 289 g/mol. The number of carboxylic acids is 2. The van der Waals surface area contributed by atoms with Gasteiger partial charge in [0.2, 0.25) is 0 Å². The molecule has 0 aliphatic heterocycles. The first-order chi connectivity index (χ1) is 8.85. The third-order valence-corrected chi connectivity index (χ3v) is 1.50. The van der Waals surface area contributed by atoms with Gasteiger partial charge in [0.15, 0.2) is 0 Å². The number of hydrogen-bond donors (Lipinski definition) is 2. The summed E-state index contributed by atoms with van der Waals surface area (Å²) in [5.74, 6) is -2.94. The van der Waals surface area contributed by atoms with E-state index < -0.39 is 24.0 Å². The highest BCUT2D eigenvalue weighted by Crippen LogP contribution is 2.10. The largest absolute Gasteiger partial charge is 0.481 e. The molecule has 0 aliphatic carbocycles. The van der Waals surface area contributed by atoms with Gasteiger partial charge in [0.1, 0.15) is 12.0 Å². The molecule has 2 N–H and O–H groups in total. The van der Waals surface area contributed by atoms with Crippen molar-refractivity contribution in [2.75, 3.05) is 20.6 Å². The van der Waals surface area contributed by atoms with E-state index >= 15 is 0 Å². The van der Waals surface area contributed by atoms with Crippen molar-refractivity contribution in [2.24, 2.45) is 0 Å². The first kappa shape index (κ1) is 20.4. The summed E-state index contributed by atoms with van der Waals surface area (Å²) in [4.78, 5) is 32.1. The van der Waals surface area contributed by atoms with Gasteiger partial charge in [-0.05, 0) is 34.9 Å². The third kappa shape index (κ3) is 16.1. The Bertz CT molecular complexity index is 356. The number of carboxylic acid groups (broad SMARTS) is 2. The molecule has 0 radical (unpaired) electrons. The van der Waals surface area contributed by atoms with Crippen LogP contribution in [0.4, 0.5) is 0 Å². The Morgan fingerprint density at radius 1 is 1.10 bits per heavy atom. The zero-order chi connectivity index (χ0) is 16.5. The summed E-state index contributed by atoms with van der Waals surface area (Å²) in [5, 5.41) is 15.4. The van der Waals surface area contributed by atoms with E-state index in [0.29, 0.717) is 12.1 Å². The highest BCUT2D eigenvalue weighted by atomic mass is 16.6. The number of likely N-dealkylation sites (N-methyl/N-ethyl adjacent to an activating group) is 1. The molecular formula is C13H23NO6. The van der Waals surface area contributed by atoms with Crippen molar-refractivity contribution in [2.45, 2.75) is 32.8 Å². The van der Waals surface area contributed by atoms with Gasteiger partial charge in [-0.25, -0.2) is 4.79 Å². The fourth-order valence-corrected chi connectivity index (χ4v) is 0.926. The van der Waals surface area contributed by atoms with Gasteiger partial charge in [0.05, 0.1) is 0 Å². The summed E-state index contributed by atoms with van der Waals surface area (Å²) < 4.78 is 5.14. The number of ether oxygens (including phenoxy) is 1. The van der Waals surface area contributed by atoms with Gasteiger partial charge in [0, 0.05) is 12.1 Å². The lowest BCUT2D eigenvalue weighted by molar-refractivity contribution is -0.150. The minimum atomic E-state index is -1.31. The maximum absolute atomic E-state index is 11.3. The molecule has 0 unspecified atom stereocenters. The van der Waals surface area contributed by atoms with Crippen LogP contribution in [0.2, 0.25) is 0 Å². The van der Waals surface area contributed by atoms with Crippen LogP contribution in [0, 0.1) is 0 Å². The number of carbonyl (C=O) groups excluding carboxylic acids is 1. The van der Waals surface area contributed by atoms with E-state index in [-0.39, 0.29) is 5.97 Å². The Morgan fingerprint density at radius 2 is 1.50 bits per heavy atom. The van der Waals surface area contributed by atoms with Crippen LogP contribution in [0.3, 0.4) is 0 Å². The standard InChI is InChI=1S/C10H19NO2.C3H4O4/c1-8(7-11(5)6)9(12)13-10(2,3)4;4-2(5)1-3(6)7/h1,7H2,2-6H3;1H2,(H,4,5)(H,6,7). The van der Waals surface area contributed by atoms with Gasteiger partial charge >= 0.3 is 17.9 Å². The number of rotatable bonds is 5. The van der Waals surface area contributed by atoms with Gasteiger partial charge in [-0.2, -0.15) is 0 Å². The number of aliphatic carboxylic acids is 2. The molecule has 0 heterocycles. The zero-order valence-corrected chi connectivity index (χ0v) is 12.6. The van der Waals surface area contributed by atoms with E-state index in [2.05, 4.69) is 6.58 Å². The third-order valence-electron chi connectivity index (χ3n) is 1.50. The average Bonchev–Trinajstić information content (AvgIpc) is 2.11. The van der Waals surface area contributed by atoms with E-state index in [1.54, 1.807) is 0 Å². The van der Waals surface area contributed by atoms with Crippen LogP contribution in [-0.4, -0.2) is 59.3 Å². The van der Waals surface area contributed by atoms with Crippen LogP contribution in [0.5, 0.6) is 0 Å². The quantitative estimate of drug-likeness (QED) is 0.442. The topological polar surface area (TPSA) is 104 Å². The van der Waals surface area contributed by atoms with Gasteiger partial charge in [-0.15, -0.1) is 0 Å². The second-order valence-electron chi connectivity index (χ2n) is 5.31. The van der Waals surface area contributed by atoms with Gasteiger partial charge in [-0.1, -0.05) is 6.58 Å². The summed E-state index contributed by atoms with van der Waals surface area (Å²) in [6.45, 7) is 9.72. The number of hydrogen-bond acceptors (Lipinski definition) is 5. The lowest BCUT2D eigenvalue weighted by Gasteiger charge is -2.21. The van der Waals surface area contributed by atoms with E-state index in [1.807, 2.05) is 39.8 Å². The molecule has 0 amide bonds. The molecule has 0 aromatic carbocycles. The Kier molecular flexibility index (Phi) is 9.28. The maximum Gasteiger partial charge on any atom is 0.335 e. The molecule has 0 saturated heterocycles. The van der Waals surface area contributed by atoms with Crippen molar-refractivity contribution in [3.63, 3.8) is 0 Å². The molecule has 7 nitrogen and oxygen atoms in total. The molecule has 0 aliphatic rings. The zero-order valence-electron chi connectivity index (χ0n) is 12.6. The summed E-state index contributed by atoms with van der Waals surface area (Å²) in [6.07, 6.45) is -0.806. The fourth-order valence-electron chi connectivity index (χ4n) is 0.926. The van der Waals surface area contributed by atoms with Crippen LogP contribution in [-0.2, 0) is 19.1 Å². The van der Waals surface area contributed by atoms with Gasteiger partial charge in [-0.3, -0.25) is 9.59 Å². The van der Waals surface area contributed by atoms with Crippen molar-refractivity contribution in [3.8, 4) is 0 Å². The number of nitrogens with zero attached hydrogens (tertiary/aromatic N) is 1. The predicted octanol–water partition coefficient (Wildman–Crippen LogP) is 0.992. The summed E-state index contributed by atoms with van der Waals surface area (Å²) in [6, 6.07) is 0. The van der Waals surface area contributed by atoms with Crippen LogP contribution in [0.25, 0.3) is 0 Å². The van der Waals surface area contributed by atoms with E-state index in [9.17, 15) is 14.4 Å². The highest BCUT2D eigenvalue weighted by Gasteiger charge is 2.18. The fraction of sp³-hybridized carbons (Fsp3) is 0.615. The molecule has 0 aromatic heterocycles. The maximum atomic E-state index is 11.3. The molecule has 0 fully saturated rings. The monoisotopic (exact) mass is 289 g/mol. The number of carbonyl (C=O) groups is 3. The van der Waals surface area contributed by atoms with Crippen LogP contribution in [0.15, 0.2) is 12.2 Å². The van der Waals surface area contributed by atoms with Crippen molar-refractivity contribution >= 4 is 17.9 Å². The molecule has 0 atom stereocenters. The summed E-state index contributed by atoms with van der Waals surface area (Å²) >= 11 is 0. The first-order valence-electron chi connectivity index (χ1n) is 5.84. The van der Waals surface area contributed by atoms with Crippen molar-refractivity contribution in [1.29, 1.82) is 0 Å². The molecule has 0 rings (SSSR count). The lowest BCUT2D eigenvalue weighted by Crippen LogP contribution is -2.28. The molecular weight excluding hydrogens is 266 g/mol. The van der Waals surface area contributed by atoms with Crippen molar-refractivity contribution < 1.29 is 29.3 Å². The van der Waals surface area contributed by atoms with E-state index in [1.165, 1.54) is 0 Å². The predicted molar refractivity (Wildman–Crippen MR) is 73.4 cm³/mol. The van der Waals surface area contributed by atoms with E-state index in [0.717, 1.165) is 0 Å². The second kappa shape index (κ2) is 9.08. The Balaban J connectivity index is 0. The van der Waals surface area contributed by atoms with E-state index in [4.69, 9.17) is 14.9 Å². The molecule has 0 saturated carbocycles. The Hall–Kier alpha value is -1.89. The van der Waals surface area contributed by atoms with Crippen LogP contribution < -0.4 is 0 Å². The minimum Gasteiger partial charge on any atom is -0.481 e. The van der Waals surface area contributed by atoms with Gasteiger partial charge < -0.3 is 19.8 Å². The normalized spacial score (nSPS) is 10.3. The van der Waals surface area contributed by atoms with Crippen molar-refractivity contribution in [3.05, 3.63) is 12.2 Å². The van der Waals surface area contributed by atoms with Crippen LogP contribution in [0.1, 0.15) is 27.2 Å². The molecule has 0 bridgehead atoms. The smallest absolute Gasteiger partial charge is 0.335 e. The molecule has 0 spiro atoms.